The summed E-state index contributed by atoms with van der Waals surface area (Å²) in [6, 6.07) is 10.3. The summed E-state index contributed by atoms with van der Waals surface area (Å²) in [4.78, 5) is 4.97. The Bertz CT molecular complexity index is 662. The Morgan fingerprint density at radius 3 is 2.67 bits per heavy atom. The number of anilines is 2. The van der Waals surface area contributed by atoms with Gasteiger partial charge in [0, 0.05) is 10.6 Å². The fraction of sp³-hybridized carbons (Fsp3) is 0.143. The van der Waals surface area contributed by atoms with Crippen LogP contribution in [0.15, 0.2) is 41.3 Å². The van der Waals surface area contributed by atoms with Gasteiger partial charge in [0.15, 0.2) is 0 Å². The fourth-order valence-electron chi connectivity index (χ4n) is 1.75. The Labute approximate surface area is 131 Å². The van der Waals surface area contributed by atoms with Gasteiger partial charge in [-0.05, 0) is 31.2 Å². The van der Waals surface area contributed by atoms with Gasteiger partial charge in [-0.25, -0.2) is 4.98 Å². The second-order valence-electron chi connectivity index (χ2n) is 4.21. The number of para-hydroxylation sites is 1. The lowest BCUT2D eigenvalue weighted by Gasteiger charge is -2.14. The van der Waals surface area contributed by atoms with Crippen molar-refractivity contribution in [2.45, 2.75) is 17.6 Å². The van der Waals surface area contributed by atoms with Crippen molar-refractivity contribution in [3.63, 3.8) is 0 Å². The minimum absolute atomic E-state index is 0.198. The number of halogens is 2. The summed E-state index contributed by atoms with van der Waals surface area (Å²) in [7, 11) is 0. The molecule has 0 aliphatic carbocycles. The zero-order valence-corrected chi connectivity index (χ0v) is 12.8. The van der Waals surface area contributed by atoms with E-state index in [1.807, 2.05) is 6.92 Å². The molecule has 3 nitrogen and oxygen atoms in total. The van der Waals surface area contributed by atoms with Gasteiger partial charge in [-0.2, -0.15) is 8.78 Å². The normalized spacial score (nSPS) is 10.7. The van der Waals surface area contributed by atoms with Crippen molar-refractivity contribution in [3.05, 3.63) is 47.7 Å². The monoisotopic (exact) mass is 325 g/mol. The van der Waals surface area contributed by atoms with Crippen LogP contribution in [0.3, 0.4) is 0 Å². The molecular weight excluding hydrogens is 312 g/mol. The molecule has 3 N–H and O–H groups in total. The number of pyridine rings is 1. The highest BCUT2D eigenvalue weighted by molar-refractivity contribution is 7.99. The van der Waals surface area contributed by atoms with E-state index in [-0.39, 0.29) is 4.99 Å². The Morgan fingerprint density at radius 2 is 2.00 bits per heavy atom. The lowest BCUT2D eigenvalue weighted by atomic mass is 10.2. The first-order chi connectivity index (χ1) is 9.97. The number of rotatable bonds is 5. The van der Waals surface area contributed by atoms with Gasteiger partial charge in [-0.1, -0.05) is 36.1 Å². The molecule has 1 aromatic heterocycles. The largest absolute Gasteiger partial charge is 0.389 e. The zero-order valence-electron chi connectivity index (χ0n) is 11.1. The molecule has 0 bridgehead atoms. The van der Waals surface area contributed by atoms with Gasteiger partial charge in [-0.3, -0.25) is 0 Å². The second kappa shape index (κ2) is 6.82. The van der Waals surface area contributed by atoms with Crippen LogP contribution in [0.4, 0.5) is 20.3 Å². The maximum absolute atomic E-state index is 12.6. The number of nitrogens with one attached hydrogen (secondary N) is 1. The molecular formula is C14H13F2N3S2. The summed E-state index contributed by atoms with van der Waals surface area (Å²) in [5, 5.41) is 3.04. The molecule has 2 aromatic rings. The summed E-state index contributed by atoms with van der Waals surface area (Å²) in [5.74, 6) is -2.03. The van der Waals surface area contributed by atoms with Crippen molar-refractivity contribution in [2.75, 3.05) is 5.32 Å². The van der Waals surface area contributed by atoms with Crippen LogP contribution < -0.4 is 11.1 Å². The summed E-state index contributed by atoms with van der Waals surface area (Å²) < 4.78 is 25.2. The van der Waals surface area contributed by atoms with E-state index in [2.05, 4.69) is 10.3 Å². The van der Waals surface area contributed by atoms with E-state index in [4.69, 9.17) is 18.0 Å². The molecule has 0 fully saturated rings. The highest BCUT2D eigenvalue weighted by Crippen LogP contribution is 2.33. The number of nitrogens with two attached hydrogens (primary N) is 1. The number of thioether (sulfide) groups is 1. The van der Waals surface area contributed by atoms with E-state index < -0.39 is 5.76 Å². The molecule has 0 spiro atoms. The highest BCUT2D eigenvalue weighted by atomic mass is 32.2. The fourth-order valence-corrected chi connectivity index (χ4v) is 2.51. The first kappa shape index (κ1) is 15.7. The molecule has 0 unspecified atom stereocenters. The molecule has 7 heteroatoms. The smallest absolute Gasteiger partial charge is 0.288 e. The summed E-state index contributed by atoms with van der Waals surface area (Å²) in [5.41, 5.74) is 7.55. The molecule has 0 radical (unpaired) electrons. The number of thiocarbonyl (C=S) groups is 1. The predicted molar refractivity (Wildman–Crippen MR) is 86.4 cm³/mol. The average Bonchev–Trinajstić information content (AvgIpc) is 2.40. The minimum atomic E-state index is -2.49. The Hall–Kier alpha value is -1.73. The molecule has 0 amide bonds. The highest BCUT2D eigenvalue weighted by Gasteiger charge is 2.13. The van der Waals surface area contributed by atoms with Crippen molar-refractivity contribution < 1.29 is 8.78 Å². The van der Waals surface area contributed by atoms with E-state index in [9.17, 15) is 8.78 Å². The zero-order chi connectivity index (χ0) is 15.4. The van der Waals surface area contributed by atoms with Gasteiger partial charge in [-0.15, -0.1) is 0 Å². The molecule has 0 aliphatic rings. The van der Waals surface area contributed by atoms with Gasteiger partial charge in [0.1, 0.15) is 10.8 Å². The Morgan fingerprint density at radius 1 is 1.29 bits per heavy atom. The first-order valence-electron chi connectivity index (χ1n) is 6.05. The number of benzene rings is 1. The van der Waals surface area contributed by atoms with Gasteiger partial charge in [0.25, 0.3) is 5.76 Å². The van der Waals surface area contributed by atoms with Gasteiger partial charge in [0.2, 0.25) is 0 Å². The number of aromatic nitrogens is 1. The molecule has 110 valence electrons. The molecule has 0 saturated heterocycles. The third kappa shape index (κ3) is 4.12. The van der Waals surface area contributed by atoms with E-state index >= 15 is 0 Å². The van der Waals surface area contributed by atoms with Crippen LogP contribution in [0, 0.1) is 6.92 Å². The lowest BCUT2D eigenvalue weighted by Crippen LogP contribution is -2.13. The van der Waals surface area contributed by atoms with Crippen molar-refractivity contribution in [3.8, 4) is 0 Å². The van der Waals surface area contributed by atoms with Crippen molar-refractivity contribution in [1.82, 2.24) is 4.98 Å². The predicted octanol–water partition coefficient (Wildman–Crippen LogP) is 4.08. The molecule has 1 aromatic carbocycles. The van der Waals surface area contributed by atoms with Crippen LogP contribution in [0.2, 0.25) is 0 Å². The number of hydrogen-bond donors (Lipinski definition) is 2. The third-order valence-corrected chi connectivity index (χ3v) is 3.66. The maximum atomic E-state index is 12.6. The molecule has 0 aliphatic heterocycles. The van der Waals surface area contributed by atoms with Crippen LogP contribution in [0.5, 0.6) is 0 Å². The van der Waals surface area contributed by atoms with Crippen LogP contribution in [-0.4, -0.2) is 15.7 Å². The van der Waals surface area contributed by atoms with Gasteiger partial charge >= 0.3 is 0 Å². The van der Waals surface area contributed by atoms with Gasteiger partial charge in [0.05, 0.1) is 11.3 Å². The van der Waals surface area contributed by atoms with E-state index in [1.165, 1.54) is 0 Å². The Kier molecular flexibility index (Phi) is 5.08. The molecule has 0 atom stereocenters. The van der Waals surface area contributed by atoms with Gasteiger partial charge < -0.3 is 11.1 Å². The number of hydrogen-bond acceptors (Lipinski definition) is 4. The van der Waals surface area contributed by atoms with Crippen LogP contribution in [0.25, 0.3) is 0 Å². The van der Waals surface area contributed by atoms with Crippen molar-refractivity contribution in [2.24, 2.45) is 5.73 Å². The summed E-state index contributed by atoms with van der Waals surface area (Å²) in [6.07, 6.45) is 0. The molecule has 2 rings (SSSR count). The summed E-state index contributed by atoms with van der Waals surface area (Å²) in [6.45, 7) is 1.83. The van der Waals surface area contributed by atoms with E-state index in [0.29, 0.717) is 33.7 Å². The standard InChI is InChI=1S/C14H13F2N3S2/c1-8-6-7-9(12(17)20)13(18-8)19-10-4-2-3-5-11(10)21-14(15)16/h2-7,14H,1H3,(H2,17,20)(H,18,19). The lowest BCUT2D eigenvalue weighted by molar-refractivity contribution is 0.252. The number of alkyl halides is 2. The Balaban J connectivity index is 2.38. The average molecular weight is 325 g/mol. The summed E-state index contributed by atoms with van der Waals surface area (Å²) >= 11 is 5.46. The molecule has 21 heavy (non-hydrogen) atoms. The molecule has 1 heterocycles. The number of nitrogens with zero attached hydrogens (tertiary/aromatic N) is 1. The van der Waals surface area contributed by atoms with Crippen LogP contribution in [0.1, 0.15) is 11.3 Å². The first-order valence-corrected chi connectivity index (χ1v) is 7.34. The van der Waals surface area contributed by atoms with Crippen LogP contribution in [-0.2, 0) is 0 Å². The number of aryl methyl sites for hydroxylation is 1. The topological polar surface area (TPSA) is 50.9 Å². The SMILES string of the molecule is Cc1ccc(C(N)=S)c(Nc2ccccc2SC(F)F)n1. The quantitative estimate of drug-likeness (QED) is 0.641. The third-order valence-electron chi connectivity index (χ3n) is 2.66. The minimum Gasteiger partial charge on any atom is -0.389 e. The van der Waals surface area contributed by atoms with Crippen molar-refractivity contribution >= 4 is 40.5 Å². The molecule has 0 saturated carbocycles. The second-order valence-corrected chi connectivity index (χ2v) is 5.68. The van der Waals surface area contributed by atoms with Crippen LogP contribution >= 0.6 is 24.0 Å². The van der Waals surface area contributed by atoms with Crippen molar-refractivity contribution in [1.29, 1.82) is 0 Å². The maximum Gasteiger partial charge on any atom is 0.288 e. The van der Waals surface area contributed by atoms with E-state index in [0.717, 1.165) is 5.69 Å². The van der Waals surface area contributed by atoms with E-state index in [1.54, 1.807) is 36.4 Å².